The smallest absolute Gasteiger partial charge is 0.0720 e. The van der Waals surface area contributed by atoms with Crippen LogP contribution in [0.15, 0.2) is 12.3 Å². The van der Waals surface area contributed by atoms with Gasteiger partial charge in [-0.15, -0.1) is 0 Å². The summed E-state index contributed by atoms with van der Waals surface area (Å²) in [5, 5.41) is 6.25. The first kappa shape index (κ1) is 10.4. The average Bonchev–Trinajstić information content (AvgIpc) is 2.59. The molecule has 0 radical (unpaired) electrons. The molecule has 1 aliphatic heterocycles. The van der Waals surface area contributed by atoms with Crippen LogP contribution in [-0.4, -0.2) is 52.6 Å². The van der Waals surface area contributed by atoms with Crippen LogP contribution in [0.1, 0.15) is 5.69 Å². The summed E-state index contributed by atoms with van der Waals surface area (Å²) in [6.45, 7) is 4.73. The van der Waals surface area contributed by atoms with Gasteiger partial charge < -0.3 is 5.73 Å². The van der Waals surface area contributed by atoms with Gasteiger partial charge >= 0.3 is 0 Å². The van der Waals surface area contributed by atoms with E-state index in [4.69, 9.17) is 5.73 Å². The van der Waals surface area contributed by atoms with Gasteiger partial charge in [0.05, 0.1) is 18.1 Å². The molecule has 1 aromatic rings. The van der Waals surface area contributed by atoms with Gasteiger partial charge in [0.2, 0.25) is 0 Å². The summed E-state index contributed by atoms with van der Waals surface area (Å²) in [5.41, 5.74) is 10.2. The van der Waals surface area contributed by atoms with Crippen LogP contribution in [-0.2, 0) is 0 Å². The normalized spacial score (nSPS) is 24.3. The maximum atomic E-state index is 5.95. The predicted molar refractivity (Wildman–Crippen MR) is 58.5 cm³/mol. The highest BCUT2D eigenvalue weighted by molar-refractivity contribution is 4.98. The van der Waals surface area contributed by atoms with Gasteiger partial charge in [-0.05, 0) is 20.0 Å². The molecule has 0 spiro atoms. The fourth-order valence-corrected chi connectivity index (χ4v) is 1.60. The van der Waals surface area contributed by atoms with Crippen LogP contribution >= 0.6 is 0 Å². The van der Waals surface area contributed by atoms with E-state index >= 15 is 0 Å². The molecule has 84 valence electrons. The molecule has 1 atom stereocenters. The number of nitrogens with zero attached hydrogens (tertiary/aromatic N) is 4. The summed E-state index contributed by atoms with van der Waals surface area (Å²) in [6, 6.07) is 1.96. The summed E-state index contributed by atoms with van der Waals surface area (Å²) in [7, 11) is 2.04. The minimum Gasteiger partial charge on any atom is -0.315 e. The van der Waals surface area contributed by atoms with Crippen molar-refractivity contribution in [2.75, 3.05) is 32.2 Å². The van der Waals surface area contributed by atoms with Crippen LogP contribution < -0.4 is 11.3 Å². The Kier molecular flexibility index (Phi) is 2.90. The molecule has 2 heterocycles. The number of hydrogen-bond donors (Lipinski definition) is 2. The lowest BCUT2D eigenvalue weighted by atomic mass is 10.3. The number of hydrazine groups is 1. The molecule has 1 saturated heterocycles. The van der Waals surface area contributed by atoms with Crippen LogP contribution in [0.25, 0.3) is 0 Å². The molecular weight excluding hydrogens is 192 g/mol. The molecule has 0 aliphatic carbocycles. The molecule has 0 aromatic carbocycles. The monoisotopic (exact) mass is 210 g/mol. The van der Waals surface area contributed by atoms with E-state index in [1.54, 1.807) is 11.0 Å². The van der Waals surface area contributed by atoms with E-state index in [1.807, 2.05) is 20.0 Å². The Bertz CT molecular complexity index is 322. The summed E-state index contributed by atoms with van der Waals surface area (Å²) in [4.78, 5) is 3.91. The van der Waals surface area contributed by atoms with Gasteiger partial charge in [0, 0.05) is 19.6 Å². The minimum atomic E-state index is 0.0853. The van der Waals surface area contributed by atoms with E-state index in [-0.39, 0.29) is 6.17 Å². The Morgan fingerprint density at radius 2 is 2.33 bits per heavy atom. The van der Waals surface area contributed by atoms with Crippen LogP contribution in [0.4, 0.5) is 0 Å². The Morgan fingerprint density at radius 1 is 1.53 bits per heavy atom. The molecule has 0 bridgehead atoms. The molecule has 2 rings (SSSR count). The van der Waals surface area contributed by atoms with E-state index in [1.165, 1.54) is 0 Å². The van der Waals surface area contributed by atoms with Crippen molar-refractivity contribution in [2.45, 2.75) is 13.1 Å². The highest BCUT2D eigenvalue weighted by atomic mass is 15.8. The number of likely N-dealkylation sites (N-methyl/N-ethyl adjacent to an activating group) is 1. The number of nitrogens with one attached hydrogen (secondary N) is 1. The summed E-state index contributed by atoms with van der Waals surface area (Å²) in [5.74, 6) is 0. The highest BCUT2D eigenvalue weighted by Gasteiger charge is 2.21. The second-order valence-electron chi connectivity index (χ2n) is 3.98. The van der Waals surface area contributed by atoms with Crippen LogP contribution in [0, 0.1) is 6.92 Å². The highest BCUT2D eigenvalue weighted by Crippen LogP contribution is 2.02. The minimum absolute atomic E-state index is 0.0853. The van der Waals surface area contributed by atoms with Crippen LogP contribution in [0.3, 0.4) is 0 Å². The van der Waals surface area contributed by atoms with Crippen molar-refractivity contribution in [3.8, 4) is 0 Å². The molecular formula is C9H18N6. The zero-order chi connectivity index (χ0) is 10.8. The Hall–Kier alpha value is -1.11. The first-order valence-corrected chi connectivity index (χ1v) is 5.15. The lowest BCUT2D eigenvalue weighted by Gasteiger charge is -2.37. The number of aromatic nitrogens is 2. The molecule has 1 aromatic heterocycles. The number of aryl methyl sites for hydroxylation is 1. The fourth-order valence-electron chi connectivity index (χ4n) is 1.60. The molecule has 15 heavy (non-hydrogen) atoms. The zero-order valence-electron chi connectivity index (χ0n) is 9.22. The molecule has 0 amide bonds. The molecule has 3 N–H and O–H groups in total. The third kappa shape index (κ3) is 2.28. The molecule has 0 saturated carbocycles. The van der Waals surface area contributed by atoms with Gasteiger partial charge in [0.15, 0.2) is 0 Å². The van der Waals surface area contributed by atoms with E-state index in [0.29, 0.717) is 0 Å². The van der Waals surface area contributed by atoms with Crippen molar-refractivity contribution in [2.24, 2.45) is 5.73 Å². The van der Waals surface area contributed by atoms with Gasteiger partial charge in [0.25, 0.3) is 0 Å². The topological polar surface area (TPSA) is 62.4 Å². The van der Waals surface area contributed by atoms with Crippen LogP contribution in [0.5, 0.6) is 0 Å². The molecule has 6 nitrogen and oxygen atoms in total. The molecule has 1 fully saturated rings. The van der Waals surface area contributed by atoms with Crippen molar-refractivity contribution >= 4 is 0 Å². The van der Waals surface area contributed by atoms with Gasteiger partial charge in [-0.2, -0.15) is 9.89 Å². The zero-order valence-corrected chi connectivity index (χ0v) is 9.22. The van der Waals surface area contributed by atoms with Crippen molar-refractivity contribution in [1.29, 1.82) is 0 Å². The summed E-state index contributed by atoms with van der Waals surface area (Å²) in [6.07, 6.45) is 1.86. The van der Waals surface area contributed by atoms with E-state index < -0.39 is 0 Å². The quantitative estimate of drug-likeness (QED) is 0.668. The maximum Gasteiger partial charge on any atom is 0.0720 e. The summed E-state index contributed by atoms with van der Waals surface area (Å²) >= 11 is 0. The van der Waals surface area contributed by atoms with Gasteiger partial charge in [-0.25, -0.2) is 10.5 Å². The Balaban J connectivity index is 1.94. The largest absolute Gasteiger partial charge is 0.315 e. The molecule has 6 heteroatoms. The van der Waals surface area contributed by atoms with Gasteiger partial charge in [-0.3, -0.25) is 4.90 Å². The van der Waals surface area contributed by atoms with Crippen LogP contribution in [0.2, 0.25) is 0 Å². The second-order valence-corrected chi connectivity index (χ2v) is 3.98. The van der Waals surface area contributed by atoms with Crippen molar-refractivity contribution in [3.05, 3.63) is 18.0 Å². The first-order chi connectivity index (χ1) is 7.16. The average molecular weight is 210 g/mol. The van der Waals surface area contributed by atoms with Gasteiger partial charge in [-0.1, -0.05) is 0 Å². The van der Waals surface area contributed by atoms with Crippen molar-refractivity contribution in [1.82, 2.24) is 19.8 Å². The first-order valence-electron chi connectivity index (χ1n) is 5.15. The second kappa shape index (κ2) is 4.18. The van der Waals surface area contributed by atoms with Gasteiger partial charge in [0.1, 0.15) is 0 Å². The third-order valence-corrected chi connectivity index (χ3v) is 2.76. The third-order valence-electron chi connectivity index (χ3n) is 2.76. The Morgan fingerprint density at radius 3 is 2.93 bits per heavy atom. The lowest BCUT2D eigenvalue weighted by Crippen LogP contribution is -2.58. The number of piperazine rings is 1. The lowest BCUT2D eigenvalue weighted by molar-refractivity contribution is 0.103. The van der Waals surface area contributed by atoms with E-state index in [0.717, 1.165) is 25.3 Å². The van der Waals surface area contributed by atoms with Crippen molar-refractivity contribution in [3.63, 3.8) is 0 Å². The fraction of sp³-hybridized carbons (Fsp3) is 0.667. The SMILES string of the molecule is Cc1ccnn1NN1CCN(C)C(N)C1. The number of hydrogen-bond acceptors (Lipinski definition) is 5. The standard InChI is InChI=1S/C9H18N6/c1-8-3-4-11-15(8)12-14-6-5-13(2)9(10)7-14/h3-4,9,12H,5-7,10H2,1-2H3. The predicted octanol–water partition coefficient (Wildman–Crippen LogP) is -0.818. The van der Waals surface area contributed by atoms with E-state index in [9.17, 15) is 0 Å². The summed E-state index contributed by atoms with van der Waals surface area (Å²) < 4.78 is 0. The Labute approximate surface area is 89.6 Å². The molecule has 1 unspecified atom stereocenters. The van der Waals surface area contributed by atoms with Crippen molar-refractivity contribution < 1.29 is 0 Å². The molecule has 1 aliphatic rings. The number of rotatable bonds is 2. The number of nitrogens with two attached hydrogens (primary N) is 1. The van der Waals surface area contributed by atoms with E-state index in [2.05, 4.69) is 20.5 Å². The maximum absolute atomic E-state index is 5.95.